The summed E-state index contributed by atoms with van der Waals surface area (Å²) in [5.74, 6) is 1.43. The minimum absolute atomic E-state index is 0.0262. The van der Waals surface area contributed by atoms with Gasteiger partial charge < -0.3 is 30.7 Å². The van der Waals surface area contributed by atoms with Crippen LogP contribution < -0.4 is 25.4 Å². The summed E-state index contributed by atoms with van der Waals surface area (Å²) in [7, 11) is 0.884. The van der Waals surface area contributed by atoms with E-state index in [4.69, 9.17) is 10.00 Å². The molecule has 0 spiro atoms. The van der Waals surface area contributed by atoms with Crippen LogP contribution in [0.4, 0.5) is 0 Å². The van der Waals surface area contributed by atoms with E-state index >= 15 is 0 Å². The van der Waals surface area contributed by atoms with Gasteiger partial charge in [-0.2, -0.15) is 10.4 Å². The highest BCUT2D eigenvalue weighted by molar-refractivity contribution is 7.89. The molecular formula is C52H57N13O6S2. The first-order valence-corrected chi connectivity index (χ1v) is 26.1. The monoisotopic (exact) mass is 1020 g/mol. The fourth-order valence-corrected chi connectivity index (χ4v) is 9.68. The maximum atomic E-state index is 13.2. The van der Waals surface area contributed by atoms with Crippen molar-refractivity contribution in [2.75, 3.05) is 21.2 Å². The normalized spacial score (nSPS) is 12.0. The number of nitriles is 1. The molecule has 21 heteroatoms. The van der Waals surface area contributed by atoms with Crippen LogP contribution in [0.15, 0.2) is 120 Å². The summed E-state index contributed by atoms with van der Waals surface area (Å²) in [5.41, 5.74) is 8.03. The van der Waals surface area contributed by atoms with Gasteiger partial charge in [-0.15, -0.1) is 11.3 Å². The Bertz CT molecular complexity index is 3200. The standard InChI is InChI=1S/C28H30N6O4S.C24H27N7O2S/c1-30-26(35)11-5-3-4-10-24(34-39(36,37)21-14-12-19(17-29)13-15-21)27-31-18-25(32-27)22-16-20-8-6-7-9-23(20)33-28(22)38-2;1-25-22(32)6-4-2-3-5-19(30-24(33)21-14-26-15-34-21)23-27-13-20(29-23)17-9-7-16(8-10-17)18-11-12-28-31-18/h6-9,12-16,18,24,34H,3-5,10-11H2,1-2H3,(H,30,35)(H,31,32);7-15,19H,2-6H2,1H3,(H,25,32)(H,27,29)(H,28,31)(H,30,33)/t24-;19-/m00/s1. The second-order valence-corrected chi connectivity index (χ2v) is 19.5. The van der Waals surface area contributed by atoms with E-state index in [2.05, 4.69) is 60.8 Å². The molecule has 73 heavy (non-hydrogen) atoms. The molecule has 0 saturated carbocycles. The Morgan fingerprint density at radius 2 is 1.38 bits per heavy atom. The van der Waals surface area contributed by atoms with E-state index < -0.39 is 16.1 Å². The molecule has 0 radical (unpaired) electrons. The van der Waals surface area contributed by atoms with Crippen LogP contribution in [0, 0.1) is 11.3 Å². The number of aromatic nitrogens is 8. The van der Waals surface area contributed by atoms with Gasteiger partial charge in [-0.3, -0.25) is 24.5 Å². The molecule has 0 unspecified atom stereocenters. The van der Waals surface area contributed by atoms with Crippen LogP contribution in [0.3, 0.4) is 0 Å². The van der Waals surface area contributed by atoms with Gasteiger partial charge in [-0.25, -0.2) is 28.1 Å². The molecule has 5 heterocycles. The number of hydrogen-bond acceptors (Lipinski definition) is 13. The molecule has 0 saturated heterocycles. The van der Waals surface area contributed by atoms with Crippen molar-refractivity contribution in [1.82, 2.24) is 60.8 Å². The number of H-pyrrole nitrogens is 3. The molecule has 7 N–H and O–H groups in total. The van der Waals surface area contributed by atoms with Gasteiger partial charge >= 0.3 is 0 Å². The fourth-order valence-electron chi connectivity index (χ4n) is 7.93. The maximum absolute atomic E-state index is 13.2. The van der Waals surface area contributed by atoms with Crippen LogP contribution in [0.1, 0.15) is 103 Å². The van der Waals surface area contributed by atoms with E-state index in [1.54, 1.807) is 51.5 Å². The molecule has 19 nitrogen and oxygen atoms in total. The van der Waals surface area contributed by atoms with E-state index in [9.17, 15) is 22.8 Å². The zero-order valence-corrected chi connectivity index (χ0v) is 42.3. The SMILES string of the molecule is CNC(=O)CCCCC[C@H](NC(=O)c1cncs1)c1ncc(-c2ccc(-c3ccn[nH]3)cc2)[nH]1.CNC(=O)CCCCC[C@H](NS(=O)(=O)c1ccc(C#N)cc1)c1ncc(-c2cc3ccccc3nc2OC)[nH]1. The quantitative estimate of drug-likeness (QED) is 0.0298. The first kappa shape index (κ1) is 52.8. The molecular weight excluding hydrogens is 967 g/mol. The van der Waals surface area contributed by atoms with Gasteiger partial charge in [0, 0.05) is 38.5 Å². The molecule has 0 aliphatic rings. The average Bonchev–Trinajstić information content (AvgIpc) is 4.29. The number of nitrogens with zero attached hydrogens (tertiary/aromatic N) is 6. The van der Waals surface area contributed by atoms with E-state index in [-0.39, 0.29) is 28.7 Å². The Morgan fingerprint density at radius 1 is 0.753 bits per heavy atom. The Kier molecular flexibility index (Phi) is 18.7. The van der Waals surface area contributed by atoms with Gasteiger partial charge in [0.25, 0.3) is 5.91 Å². The lowest BCUT2D eigenvalue weighted by atomic mass is 10.1. The largest absolute Gasteiger partial charge is 0.480 e. The Labute approximate surface area is 427 Å². The number of ether oxygens (including phenoxy) is 1. The molecule has 2 atom stereocenters. The lowest BCUT2D eigenvalue weighted by Crippen LogP contribution is -2.29. The van der Waals surface area contributed by atoms with Gasteiger partial charge in [-0.05, 0) is 79.3 Å². The topological polar surface area (TPSA) is 278 Å². The predicted molar refractivity (Wildman–Crippen MR) is 278 cm³/mol. The molecule has 5 aromatic heterocycles. The summed E-state index contributed by atoms with van der Waals surface area (Å²) < 4.78 is 34.8. The van der Waals surface area contributed by atoms with Crippen molar-refractivity contribution < 1.29 is 27.5 Å². The van der Waals surface area contributed by atoms with Crippen LogP contribution >= 0.6 is 11.3 Å². The number of benzene rings is 3. The summed E-state index contributed by atoms with van der Waals surface area (Å²) in [5, 5.41) is 25.3. The maximum Gasteiger partial charge on any atom is 0.263 e. The zero-order chi connectivity index (χ0) is 51.6. The van der Waals surface area contributed by atoms with Crippen LogP contribution in [-0.2, 0) is 19.6 Å². The minimum atomic E-state index is -3.91. The number of sulfonamides is 1. The molecule has 0 bridgehead atoms. The highest BCUT2D eigenvalue weighted by Crippen LogP contribution is 2.32. The van der Waals surface area contributed by atoms with Crippen LogP contribution in [-0.4, -0.2) is 87.4 Å². The molecule has 0 fully saturated rings. The number of methoxy groups -OCH3 is 1. The second kappa shape index (κ2) is 25.9. The van der Waals surface area contributed by atoms with Crippen molar-refractivity contribution in [3.05, 3.63) is 137 Å². The number of rotatable bonds is 23. The van der Waals surface area contributed by atoms with Gasteiger partial charge in [0.1, 0.15) is 16.5 Å². The summed E-state index contributed by atoms with van der Waals surface area (Å²) in [6.07, 6.45) is 13.5. The lowest BCUT2D eigenvalue weighted by molar-refractivity contribution is -0.121. The number of carbonyl (C=O) groups excluding carboxylic acids is 3. The number of nitrogens with one attached hydrogen (secondary N) is 7. The summed E-state index contributed by atoms with van der Waals surface area (Å²) in [6.45, 7) is 0. The number of unbranched alkanes of at least 4 members (excludes halogenated alkanes) is 4. The number of para-hydroxylation sites is 1. The van der Waals surface area contributed by atoms with Crippen molar-refractivity contribution in [1.29, 1.82) is 5.26 Å². The van der Waals surface area contributed by atoms with Crippen molar-refractivity contribution in [2.45, 2.75) is 81.2 Å². The van der Waals surface area contributed by atoms with Crippen LogP contribution in [0.2, 0.25) is 0 Å². The van der Waals surface area contributed by atoms with Gasteiger partial charge in [-0.1, -0.05) is 68.1 Å². The van der Waals surface area contributed by atoms with E-state index in [0.29, 0.717) is 77.8 Å². The molecule has 3 amide bonds. The lowest BCUT2D eigenvalue weighted by Gasteiger charge is -2.17. The first-order chi connectivity index (χ1) is 35.5. The summed E-state index contributed by atoms with van der Waals surface area (Å²) in [4.78, 5) is 60.6. The zero-order valence-electron chi connectivity index (χ0n) is 40.6. The molecule has 8 rings (SSSR count). The third kappa shape index (κ3) is 14.5. The average molecular weight is 1020 g/mol. The Morgan fingerprint density at radius 3 is 2.00 bits per heavy atom. The minimum Gasteiger partial charge on any atom is -0.480 e. The first-order valence-electron chi connectivity index (χ1n) is 23.8. The smallest absolute Gasteiger partial charge is 0.263 e. The van der Waals surface area contributed by atoms with Crippen LogP contribution in [0.5, 0.6) is 5.88 Å². The van der Waals surface area contributed by atoms with Crippen molar-refractivity contribution >= 4 is 50.0 Å². The number of fused-ring (bicyclic) bond motifs is 1. The third-order valence-electron chi connectivity index (χ3n) is 11.9. The van der Waals surface area contributed by atoms with E-state index in [0.717, 1.165) is 59.1 Å². The van der Waals surface area contributed by atoms with Crippen molar-refractivity contribution in [3.8, 4) is 45.7 Å². The van der Waals surface area contributed by atoms with Crippen LogP contribution in [0.25, 0.3) is 44.7 Å². The van der Waals surface area contributed by atoms with Gasteiger partial charge in [0.2, 0.25) is 27.7 Å². The summed E-state index contributed by atoms with van der Waals surface area (Å²) in [6, 6.07) is 26.5. The highest BCUT2D eigenvalue weighted by atomic mass is 32.2. The molecule has 8 aromatic rings. The molecule has 0 aliphatic heterocycles. The highest BCUT2D eigenvalue weighted by Gasteiger charge is 2.25. The number of imidazole rings is 2. The number of carbonyl (C=O) groups is 3. The molecule has 378 valence electrons. The Balaban J connectivity index is 0.000000216. The molecule has 0 aliphatic carbocycles. The summed E-state index contributed by atoms with van der Waals surface area (Å²) >= 11 is 1.30. The second-order valence-electron chi connectivity index (χ2n) is 16.9. The molecule has 3 aromatic carbocycles. The number of hydrogen-bond donors (Lipinski definition) is 7. The third-order valence-corrected chi connectivity index (χ3v) is 14.2. The number of amides is 3. The predicted octanol–water partition coefficient (Wildman–Crippen LogP) is 8.31. The van der Waals surface area contributed by atoms with Gasteiger partial charge in [0.05, 0.1) is 88.0 Å². The van der Waals surface area contributed by atoms with Crippen molar-refractivity contribution in [2.24, 2.45) is 0 Å². The van der Waals surface area contributed by atoms with E-state index in [1.807, 2.05) is 66.7 Å². The van der Waals surface area contributed by atoms with Gasteiger partial charge in [0.15, 0.2) is 0 Å². The number of aromatic amines is 3. The number of pyridine rings is 1. The van der Waals surface area contributed by atoms with Crippen molar-refractivity contribution in [3.63, 3.8) is 0 Å². The van der Waals surface area contributed by atoms with E-state index in [1.165, 1.54) is 35.6 Å². The fraction of sp³-hybridized carbons (Fsp3) is 0.288. The Hall–Kier alpha value is -8.06. The number of thiazole rings is 1.